The van der Waals surface area contributed by atoms with Crippen LogP contribution in [0, 0.1) is 0 Å². The fraction of sp³-hybridized carbons (Fsp3) is 0.231. The van der Waals surface area contributed by atoms with Crippen molar-refractivity contribution < 1.29 is 14.3 Å². The maximum Gasteiger partial charge on any atom is 0.315 e. The zero-order valence-corrected chi connectivity index (χ0v) is 19.0. The van der Waals surface area contributed by atoms with Gasteiger partial charge in [-0.15, -0.1) is 11.8 Å². The van der Waals surface area contributed by atoms with Crippen LogP contribution >= 0.6 is 11.8 Å². The van der Waals surface area contributed by atoms with Crippen molar-refractivity contribution in [3.63, 3.8) is 0 Å². The van der Waals surface area contributed by atoms with Crippen molar-refractivity contribution in [2.24, 2.45) is 0 Å². The van der Waals surface area contributed by atoms with Crippen LogP contribution in [-0.2, 0) is 11.3 Å². The predicted molar refractivity (Wildman–Crippen MR) is 131 cm³/mol. The molecule has 2 atom stereocenters. The smallest absolute Gasteiger partial charge is 0.315 e. The first kappa shape index (κ1) is 22.7. The number of hydrogen-bond acceptors (Lipinski definition) is 4. The minimum absolute atomic E-state index is 0.0364. The molecular formula is C26H27N3O3S. The summed E-state index contributed by atoms with van der Waals surface area (Å²) in [5.41, 5.74) is 1.97. The summed E-state index contributed by atoms with van der Waals surface area (Å²) in [5.74, 6) is 2.29. The molecule has 1 fully saturated rings. The molecule has 170 valence electrons. The number of nitrogens with one attached hydrogen (secondary N) is 3. The lowest BCUT2D eigenvalue weighted by molar-refractivity contribution is -0.121. The zero-order chi connectivity index (χ0) is 22.9. The third-order valence-corrected chi connectivity index (χ3v) is 6.59. The minimum atomic E-state index is -0.285. The first-order valence-electron chi connectivity index (χ1n) is 11.0. The van der Waals surface area contributed by atoms with Gasteiger partial charge in [-0.1, -0.05) is 60.7 Å². The van der Waals surface area contributed by atoms with E-state index in [-0.39, 0.29) is 23.2 Å². The molecule has 7 heteroatoms. The second-order valence-electron chi connectivity index (χ2n) is 7.78. The maximum absolute atomic E-state index is 12.9. The molecule has 0 unspecified atom stereocenters. The summed E-state index contributed by atoms with van der Waals surface area (Å²) in [6.07, 6.45) is 0.793. The SMILES string of the molecule is O=C(NCc1ccccc1)NC[C@@H]1CCS[C@H](c2ccc(Oc3ccccc3)cc2)C(=O)N1. The molecule has 0 aliphatic carbocycles. The van der Waals surface area contributed by atoms with Crippen molar-refractivity contribution in [2.75, 3.05) is 12.3 Å². The average Bonchev–Trinajstić information content (AvgIpc) is 3.04. The Morgan fingerprint density at radius 3 is 2.30 bits per heavy atom. The Balaban J connectivity index is 1.26. The molecule has 1 aliphatic heterocycles. The summed E-state index contributed by atoms with van der Waals surface area (Å²) in [5, 5.41) is 8.50. The number of benzene rings is 3. The van der Waals surface area contributed by atoms with E-state index in [1.807, 2.05) is 84.9 Å². The largest absolute Gasteiger partial charge is 0.457 e. The highest BCUT2D eigenvalue weighted by atomic mass is 32.2. The predicted octanol–water partition coefficient (Wildman–Crippen LogP) is 4.64. The average molecular weight is 462 g/mol. The first-order valence-corrected chi connectivity index (χ1v) is 12.0. The highest BCUT2D eigenvalue weighted by Crippen LogP contribution is 2.33. The fourth-order valence-electron chi connectivity index (χ4n) is 3.55. The highest BCUT2D eigenvalue weighted by molar-refractivity contribution is 8.00. The molecule has 1 saturated heterocycles. The van der Waals surface area contributed by atoms with Gasteiger partial charge in [0.1, 0.15) is 16.7 Å². The van der Waals surface area contributed by atoms with Gasteiger partial charge in [0.15, 0.2) is 0 Å². The molecular weight excluding hydrogens is 434 g/mol. The van der Waals surface area contributed by atoms with Crippen LogP contribution in [0.2, 0.25) is 0 Å². The first-order chi connectivity index (χ1) is 16.2. The van der Waals surface area contributed by atoms with Gasteiger partial charge in [0.2, 0.25) is 5.91 Å². The van der Waals surface area contributed by atoms with Crippen molar-refractivity contribution in [3.8, 4) is 11.5 Å². The monoisotopic (exact) mass is 461 g/mol. The number of rotatable bonds is 7. The van der Waals surface area contributed by atoms with Gasteiger partial charge in [0, 0.05) is 19.1 Å². The van der Waals surface area contributed by atoms with Gasteiger partial charge in [-0.3, -0.25) is 4.79 Å². The summed E-state index contributed by atoms with van der Waals surface area (Å²) in [7, 11) is 0. The highest BCUT2D eigenvalue weighted by Gasteiger charge is 2.27. The van der Waals surface area contributed by atoms with Crippen LogP contribution in [0.15, 0.2) is 84.9 Å². The molecule has 4 rings (SSSR count). The van der Waals surface area contributed by atoms with E-state index in [4.69, 9.17) is 4.74 Å². The summed E-state index contributed by atoms with van der Waals surface area (Å²) in [6.45, 7) is 0.856. The molecule has 3 N–H and O–H groups in total. The number of carbonyl (C=O) groups excluding carboxylic acids is 2. The molecule has 0 radical (unpaired) electrons. The van der Waals surface area contributed by atoms with Crippen LogP contribution in [0.25, 0.3) is 0 Å². The number of amides is 3. The van der Waals surface area contributed by atoms with Crippen molar-refractivity contribution in [2.45, 2.75) is 24.3 Å². The zero-order valence-electron chi connectivity index (χ0n) is 18.2. The molecule has 0 saturated carbocycles. The van der Waals surface area contributed by atoms with Gasteiger partial charge in [-0.25, -0.2) is 4.79 Å². The van der Waals surface area contributed by atoms with Gasteiger partial charge < -0.3 is 20.7 Å². The second kappa shape index (κ2) is 11.4. The lowest BCUT2D eigenvalue weighted by atomic mass is 10.1. The standard InChI is InChI=1S/C26H27N3O3S/c30-25-24(20-11-13-23(14-12-20)32-22-9-5-2-6-10-22)33-16-15-21(29-25)18-28-26(31)27-17-19-7-3-1-4-8-19/h1-14,21,24H,15-18H2,(H,29,30)(H2,27,28,31)/t21-,24+/m0/s1. The Kier molecular flexibility index (Phi) is 7.87. The van der Waals surface area contributed by atoms with Gasteiger partial charge in [-0.05, 0) is 47.6 Å². The van der Waals surface area contributed by atoms with E-state index in [2.05, 4.69) is 16.0 Å². The minimum Gasteiger partial charge on any atom is -0.457 e. The lowest BCUT2D eigenvalue weighted by Crippen LogP contribution is -2.46. The van der Waals surface area contributed by atoms with Crippen molar-refractivity contribution in [1.29, 1.82) is 0 Å². The van der Waals surface area contributed by atoms with Crippen molar-refractivity contribution in [3.05, 3.63) is 96.1 Å². The number of carbonyl (C=O) groups is 2. The van der Waals surface area contributed by atoms with E-state index in [0.717, 1.165) is 34.8 Å². The van der Waals surface area contributed by atoms with Crippen molar-refractivity contribution >= 4 is 23.7 Å². The lowest BCUT2D eigenvalue weighted by Gasteiger charge is -2.18. The summed E-state index contributed by atoms with van der Waals surface area (Å²) >= 11 is 1.62. The Bertz CT molecular complexity index is 1050. The third-order valence-electron chi connectivity index (χ3n) is 5.30. The topological polar surface area (TPSA) is 79.5 Å². The van der Waals surface area contributed by atoms with Gasteiger partial charge >= 0.3 is 6.03 Å². The number of para-hydroxylation sites is 1. The van der Waals surface area contributed by atoms with E-state index < -0.39 is 0 Å². The van der Waals surface area contributed by atoms with Crippen molar-refractivity contribution in [1.82, 2.24) is 16.0 Å². The normalized spacial score (nSPS) is 18.0. The van der Waals surface area contributed by atoms with Crippen LogP contribution in [-0.4, -0.2) is 30.3 Å². The number of ether oxygens (including phenoxy) is 1. The molecule has 1 heterocycles. The molecule has 33 heavy (non-hydrogen) atoms. The molecule has 3 amide bonds. The quantitative estimate of drug-likeness (QED) is 0.479. The van der Waals surface area contributed by atoms with Gasteiger partial charge in [0.05, 0.1) is 0 Å². The molecule has 0 bridgehead atoms. The van der Waals surface area contributed by atoms with E-state index in [0.29, 0.717) is 13.1 Å². The summed E-state index contributed by atoms with van der Waals surface area (Å²) < 4.78 is 5.84. The molecule has 6 nitrogen and oxygen atoms in total. The number of hydrogen-bond donors (Lipinski definition) is 3. The third kappa shape index (κ3) is 6.76. The van der Waals surface area contributed by atoms with Crippen LogP contribution in [0.3, 0.4) is 0 Å². The van der Waals surface area contributed by atoms with E-state index in [1.54, 1.807) is 11.8 Å². The molecule has 0 aromatic heterocycles. The van der Waals surface area contributed by atoms with Gasteiger partial charge in [-0.2, -0.15) is 0 Å². The molecule has 1 aliphatic rings. The Morgan fingerprint density at radius 2 is 1.58 bits per heavy atom. The van der Waals surface area contributed by atoms with Crippen LogP contribution in [0.4, 0.5) is 4.79 Å². The Morgan fingerprint density at radius 1 is 0.909 bits per heavy atom. The molecule has 0 spiro atoms. The van der Waals surface area contributed by atoms with Gasteiger partial charge in [0.25, 0.3) is 0 Å². The Hall–Kier alpha value is -3.45. The van der Waals surface area contributed by atoms with Crippen LogP contribution < -0.4 is 20.7 Å². The van der Waals surface area contributed by atoms with E-state index >= 15 is 0 Å². The molecule has 3 aromatic carbocycles. The Labute approximate surface area is 198 Å². The van der Waals surface area contributed by atoms with Crippen LogP contribution in [0.1, 0.15) is 22.8 Å². The number of urea groups is 1. The molecule has 3 aromatic rings. The van der Waals surface area contributed by atoms with Crippen LogP contribution in [0.5, 0.6) is 11.5 Å². The second-order valence-corrected chi connectivity index (χ2v) is 8.99. The van der Waals surface area contributed by atoms with E-state index in [9.17, 15) is 9.59 Å². The summed E-state index contributed by atoms with van der Waals surface area (Å²) in [6, 6.07) is 26.6. The van der Waals surface area contributed by atoms with E-state index in [1.165, 1.54) is 0 Å². The fourth-order valence-corrected chi connectivity index (χ4v) is 4.77. The maximum atomic E-state index is 12.9. The summed E-state index contributed by atoms with van der Waals surface area (Å²) in [4.78, 5) is 25.0. The number of thioether (sulfide) groups is 1.